The van der Waals surface area contributed by atoms with Gasteiger partial charge < -0.3 is 4.74 Å². The summed E-state index contributed by atoms with van der Waals surface area (Å²) in [6, 6.07) is 9.63. The Morgan fingerprint density at radius 3 is 2.44 bits per heavy atom. The lowest BCUT2D eigenvalue weighted by molar-refractivity contribution is -0.275. The molecule has 2 aromatic rings. The Hall–Kier alpha value is -2.04. The second-order valence-corrected chi connectivity index (χ2v) is 7.28. The number of fused-ring (bicyclic) bond motifs is 1. The van der Waals surface area contributed by atoms with E-state index in [9.17, 15) is 17.6 Å². The molecule has 1 atom stereocenters. The molecule has 0 fully saturated rings. The minimum absolute atomic E-state index is 0.551. The Morgan fingerprint density at radius 1 is 1.00 bits per heavy atom. The minimum Gasteiger partial charge on any atom is -0.403 e. The number of hydrogen-bond acceptors (Lipinski definition) is 1. The normalized spacial score (nSPS) is 16.9. The SMILES string of the molecule is CCCCCC1CCc2cc(-c3ccc(OC(F)(F)F)c(F)c3)ccc2C1. The van der Waals surface area contributed by atoms with E-state index in [-0.39, 0.29) is 0 Å². The second kappa shape index (κ2) is 8.32. The van der Waals surface area contributed by atoms with E-state index in [4.69, 9.17) is 0 Å². The van der Waals surface area contributed by atoms with Gasteiger partial charge in [0.15, 0.2) is 11.6 Å². The molecule has 1 nitrogen and oxygen atoms in total. The highest BCUT2D eigenvalue weighted by atomic mass is 19.4. The highest BCUT2D eigenvalue weighted by Crippen LogP contribution is 2.34. The summed E-state index contributed by atoms with van der Waals surface area (Å²) >= 11 is 0. The van der Waals surface area contributed by atoms with Gasteiger partial charge in [-0.05, 0) is 59.6 Å². The molecule has 0 bridgehead atoms. The molecule has 1 unspecified atom stereocenters. The summed E-state index contributed by atoms with van der Waals surface area (Å²) in [4.78, 5) is 0. The third-order valence-electron chi connectivity index (χ3n) is 5.24. The smallest absolute Gasteiger partial charge is 0.403 e. The molecule has 0 aromatic heterocycles. The minimum atomic E-state index is -4.90. The van der Waals surface area contributed by atoms with E-state index >= 15 is 0 Å². The predicted molar refractivity (Wildman–Crippen MR) is 98.2 cm³/mol. The fraction of sp³-hybridized carbons (Fsp3) is 0.455. The first-order valence-electron chi connectivity index (χ1n) is 9.53. The van der Waals surface area contributed by atoms with E-state index in [0.29, 0.717) is 5.56 Å². The van der Waals surface area contributed by atoms with Crippen LogP contribution < -0.4 is 4.74 Å². The average Bonchev–Trinajstić information content (AvgIpc) is 2.62. The van der Waals surface area contributed by atoms with Gasteiger partial charge in [-0.15, -0.1) is 13.2 Å². The van der Waals surface area contributed by atoms with Crippen LogP contribution in [0.3, 0.4) is 0 Å². The highest BCUT2D eigenvalue weighted by Gasteiger charge is 2.32. The van der Waals surface area contributed by atoms with Crippen molar-refractivity contribution in [3.8, 4) is 16.9 Å². The lowest BCUT2D eigenvalue weighted by Crippen LogP contribution is -2.17. The molecule has 0 heterocycles. The maximum atomic E-state index is 14.0. The average molecular weight is 380 g/mol. The first kappa shape index (κ1) is 19.7. The number of aryl methyl sites for hydroxylation is 1. The number of unbranched alkanes of at least 4 members (excludes halogenated alkanes) is 2. The fourth-order valence-electron chi connectivity index (χ4n) is 3.83. The summed E-state index contributed by atoms with van der Waals surface area (Å²) in [6.07, 6.45) is 3.39. The van der Waals surface area contributed by atoms with Crippen LogP contribution in [-0.2, 0) is 12.8 Å². The Labute approximate surface area is 157 Å². The third-order valence-corrected chi connectivity index (χ3v) is 5.24. The number of hydrogen-bond donors (Lipinski definition) is 0. The van der Waals surface area contributed by atoms with Crippen molar-refractivity contribution in [1.29, 1.82) is 0 Å². The van der Waals surface area contributed by atoms with E-state index in [1.54, 1.807) is 0 Å². The molecule has 0 N–H and O–H groups in total. The standard InChI is InChI=1S/C22H24F4O/c1-2-3-4-5-15-6-7-17-13-18(9-8-16(17)12-15)19-10-11-21(20(23)14-19)27-22(24,25)26/h8-11,13-15H,2-7,12H2,1H3. The molecule has 0 aliphatic heterocycles. The predicted octanol–water partition coefficient (Wildman–Crippen LogP) is 7.08. The summed E-state index contributed by atoms with van der Waals surface area (Å²) in [5, 5.41) is 0. The molecule has 0 amide bonds. The van der Waals surface area contributed by atoms with Crippen molar-refractivity contribution in [1.82, 2.24) is 0 Å². The monoisotopic (exact) mass is 380 g/mol. The highest BCUT2D eigenvalue weighted by molar-refractivity contribution is 5.66. The van der Waals surface area contributed by atoms with Gasteiger partial charge in [0.05, 0.1) is 0 Å². The molecular weight excluding hydrogens is 356 g/mol. The molecule has 27 heavy (non-hydrogen) atoms. The van der Waals surface area contributed by atoms with Gasteiger partial charge in [0, 0.05) is 0 Å². The van der Waals surface area contributed by atoms with Crippen molar-refractivity contribution in [2.75, 3.05) is 0 Å². The molecule has 0 radical (unpaired) electrons. The van der Waals surface area contributed by atoms with Gasteiger partial charge in [0.2, 0.25) is 0 Å². The van der Waals surface area contributed by atoms with Crippen molar-refractivity contribution in [3.05, 3.63) is 53.3 Å². The van der Waals surface area contributed by atoms with Gasteiger partial charge in [0.25, 0.3) is 0 Å². The summed E-state index contributed by atoms with van der Waals surface area (Å²) in [5.74, 6) is -1.09. The molecule has 3 rings (SSSR count). The van der Waals surface area contributed by atoms with Crippen LogP contribution in [0.15, 0.2) is 36.4 Å². The van der Waals surface area contributed by atoms with Gasteiger partial charge >= 0.3 is 6.36 Å². The molecule has 0 saturated heterocycles. The van der Waals surface area contributed by atoms with Crippen molar-refractivity contribution >= 4 is 0 Å². The summed E-state index contributed by atoms with van der Waals surface area (Å²) < 4.78 is 54.5. The van der Waals surface area contributed by atoms with Crippen molar-refractivity contribution < 1.29 is 22.3 Å². The zero-order valence-corrected chi connectivity index (χ0v) is 15.4. The van der Waals surface area contributed by atoms with Gasteiger partial charge in [-0.3, -0.25) is 0 Å². The number of rotatable bonds is 6. The molecule has 1 aliphatic carbocycles. The molecular formula is C22H24F4O. The Balaban J connectivity index is 1.73. The number of halogens is 4. The van der Waals surface area contributed by atoms with Crippen LogP contribution in [0, 0.1) is 11.7 Å². The number of alkyl halides is 3. The van der Waals surface area contributed by atoms with Crippen LogP contribution in [0.2, 0.25) is 0 Å². The molecule has 5 heteroatoms. The van der Waals surface area contributed by atoms with E-state index in [1.807, 2.05) is 12.1 Å². The first-order valence-corrected chi connectivity index (χ1v) is 9.53. The van der Waals surface area contributed by atoms with Crippen molar-refractivity contribution in [2.24, 2.45) is 5.92 Å². The van der Waals surface area contributed by atoms with Crippen LogP contribution in [0.1, 0.15) is 50.2 Å². The molecule has 0 saturated carbocycles. The van der Waals surface area contributed by atoms with E-state index in [1.165, 1.54) is 42.9 Å². The van der Waals surface area contributed by atoms with Crippen LogP contribution in [0.5, 0.6) is 5.75 Å². The first-order chi connectivity index (χ1) is 12.9. The Morgan fingerprint density at radius 2 is 1.74 bits per heavy atom. The van der Waals surface area contributed by atoms with Crippen molar-refractivity contribution in [3.63, 3.8) is 0 Å². The second-order valence-electron chi connectivity index (χ2n) is 7.28. The lowest BCUT2D eigenvalue weighted by atomic mass is 9.80. The van der Waals surface area contributed by atoms with Crippen LogP contribution in [-0.4, -0.2) is 6.36 Å². The zero-order chi connectivity index (χ0) is 19.4. The van der Waals surface area contributed by atoms with Gasteiger partial charge in [-0.2, -0.15) is 0 Å². The molecule has 2 aromatic carbocycles. The number of benzene rings is 2. The van der Waals surface area contributed by atoms with Gasteiger partial charge in [-0.1, -0.05) is 56.9 Å². The Bertz CT molecular complexity index is 782. The van der Waals surface area contributed by atoms with Crippen LogP contribution >= 0.6 is 0 Å². The third kappa shape index (κ3) is 5.24. The van der Waals surface area contributed by atoms with E-state index < -0.39 is 17.9 Å². The largest absolute Gasteiger partial charge is 0.573 e. The van der Waals surface area contributed by atoms with Crippen LogP contribution in [0.4, 0.5) is 17.6 Å². The molecule has 1 aliphatic rings. The quantitative estimate of drug-likeness (QED) is 0.384. The lowest BCUT2D eigenvalue weighted by Gasteiger charge is -2.25. The Kier molecular flexibility index (Phi) is 6.08. The van der Waals surface area contributed by atoms with E-state index in [2.05, 4.69) is 17.7 Å². The topological polar surface area (TPSA) is 9.23 Å². The maximum Gasteiger partial charge on any atom is 0.573 e. The number of ether oxygens (including phenoxy) is 1. The zero-order valence-electron chi connectivity index (χ0n) is 15.4. The summed E-state index contributed by atoms with van der Waals surface area (Å²) in [6.45, 7) is 2.21. The van der Waals surface area contributed by atoms with Gasteiger partial charge in [0.1, 0.15) is 0 Å². The summed E-state index contributed by atoms with van der Waals surface area (Å²) in [7, 11) is 0. The molecule has 146 valence electrons. The van der Waals surface area contributed by atoms with Crippen LogP contribution in [0.25, 0.3) is 11.1 Å². The summed E-state index contributed by atoms with van der Waals surface area (Å²) in [5.41, 5.74) is 3.96. The van der Waals surface area contributed by atoms with Gasteiger partial charge in [-0.25, -0.2) is 4.39 Å². The maximum absolute atomic E-state index is 14.0. The fourth-order valence-corrected chi connectivity index (χ4v) is 3.83. The van der Waals surface area contributed by atoms with E-state index in [0.717, 1.165) is 42.9 Å². The molecule has 0 spiro atoms. The van der Waals surface area contributed by atoms with Crippen molar-refractivity contribution in [2.45, 2.75) is 58.2 Å².